The van der Waals surface area contributed by atoms with E-state index in [1.807, 2.05) is 18.7 Å². The van der Waals surface area contributed by atoms with Crippen LogP contribution in [0, 0.1) is 5.92 Å². The van der Waals surface area contributed by atoms with Crippen molar-refractivity contribution in [2.24, 2.45) is 5.92 Å². The fourth-order valence-corrected chi connectivity index (χ4v) is 2.34. The number of rotatable bonds is 5. The van der Waals surface area contributed by atoms with Crippen LogP contribution in [0.4, 0.5) is 4.79 Å². The molecule has 3 amide bonds. The van der Waals surface area contributed by atoms with Gasteiger partial charge in [-0.1, -0.05) is 26.7 Å². The fraction of sp³-hybridized carbons (Fsp3) is 0.857. The molecule has 6 nitrogen and oxygen atoms in total. The Labute approximate surface area is 120 Å². The average Bonchev–Trinajstić information content (AvgIpc) is 2.61. The van der Waals surface area contributed by atoms with Crippen molar-refractivity contribution in [3.63, 3.8) is 0 Å². The predicted octanol–water partition coefficient (Wildman–Crippen LogP) is 0.705. The van der Waals surface area contributed by atoms with E-state index in [1.54, 1.807) is 0 Å². The summed E-state index contributed by atoms with van der Waals surface area (Å²) in [6.45, 7) is 5.55. The quantitative estimate of drug-likeness (QED) is 0.695. The van der Waals surface area contributed by atoms with E-state index in [-0.39, 0.29) is 25.1 Å². The van der Waals surface area contributed by atoms with Crippen molar-refractivity contribution in [2.45, 2.75) is 45.6 Å². The highest BCUT2D eigenvalue weighted by atomic mass is 16.3. The number of hydrogen-bond donors (Lipinski definition) is 3. The van der Waals surface area contributed by atoms with E-state index in [9.17, 15) is 14.7 Å². The van der Waals surface area contributed by atoms with E-state index in [2.05, 4.69) is 10.6 Å². The van der Waals surface area contributed by atoms with Gasteiger partial charge in [0.1, 0.15) is 0 Å². The summed E-state index contributed by atoms with van der Waals surface area (Å²) in [7, 11) is 0. The molecule has 1 heterocycles. The van der Waals surface area contributed by atoms with Crippen molar-refractivity contribution in [3.05, 3.63) is 0 Å². The largest absolute Gasteiger partial charge is 0.395 e. The maximum atomic E-state index is 11.8. The Morgan fingerprint density at radius 1 is 1.30 bits per heavy atom. The highest BCUT2D eigenvalue weighted by molar-refractivity contribution is 5.95. The van der Waals surface area contributed by atoms with Gasteiger partial charge in [0.15, 0.2) is 0 Å². The van der Waals surface area contributed by atoms with Gasteiger partial charge in [-0.3, -0.25) is 15.0 Å². The van der Waals surface area contributed by atoms with Crippen LogP contribution in [-0.4, -0.2) is 54.2 Å². The lowest BCUT2D eigenvalue weighted by molar-refractivity contribution is -0.121. The van der Waals surface area contributed by atoms with Crippen LogP contribution in [-0.2, 0) is 4.79 Å². The summed E-state index contributed by atoms with van der Waals surface area (Å²) in [6.07, 6.45) is 4.15. The Morgan fingerprint density at radius 3 is 2.70 bits per heavy atom. The summed E-state index contributed by atoms with van der Waals surface area (Å²) in [4.78, 5) is 25.3. The van der Waals surface area contributed by atoms with Crippen LogP contribution in [0.15, 0.2) is 0 Å². The van der Waals surface area contributed by atoms with Gasteiger partial charge in [0.25, 0.3) is 0 Å². The second kappa shape index (κ2) is 8.92. The third-order valence-corrected chi connectivity index (χ3v) is 3.48. The molecule has 0 spiro atoms. The van der Waals surface area contributed by atoms with E-state index >= 15 is 0 Å². The first-order valence-electron chi connectivity index (χ1n) is 7.45. The lowest BCUT2D eigenvalue weighted by Crippen LogP contribution is -2.48. The SMILES string of the molecule is CC(C)CNC(=O)NC(=O)CN1CCCCCC1CO. The van der Waals surface area contributed by atoms with Gasteiger partial charge in [0.2, 0.25) is 5.91 Å². The van der Waals surface area contributed by atoms with Crippen LogP contribution in [0.5, 0.6) is 0 Å². The molecule has 1 fully saturated rings. The van der Waals surface area contributed by atoms with Crippen molar-refractivity contribution in [3.8, 4) is 0 Å². The van der Waals surface area contributed by atoms with Gasteiger partial charge in [-0.15, -0.1) is 0 Å². The van der Waals surface area contributed by atoms with Crippen molar-refractivity contribution in [1.82, 2.24) is 15.5 Å². The van der Waals surface area contributed by atoms with E-state index in [4.69, 9.17) is 0 Å². The number of aliphatic hydroxyl groups is 1. The van der Waals surface area contributed by atoms with Crippen molar-refractivity contribution in [2.75, 3.05) is 26.2 Å². The van der Waals surface area contributed by atoms with E-state index in [1.165, 1.54) is 0 Å². The van der Waals surface area contributed by atoms with Gasteiger partial charge in [-0.2, -0.15) is 0 Å². The number of nitrogens with zero attached hydrogens (tertiary/aromatic N) is 1. The number of amides is 3. The number of urea groups is 1. The molecule has 1 unspecified atom stereocenters. The maximum absolute atomic E-state index is 11.8. The number of likely N-dealkylation sites (tertiary alicyclic amines) is 1. The molecular weight excluding hydrogens is 258 g/mol. The van der Waals surface area contributed by atoms with Crippen LogP contribution >= 0.6 is 0 Å². The number of aliphatic hydroxyl groups excluding tert-OH is 1. The normalized spacial score (nSPS) is 20.5. The lowest BCUT2D eigenvalue weighted by Gasteiger charge is -2.27. The summed E-state index contributed by atoms with van der Waals surface area (Å²) in [5, 5.41) is 14.4. The van der Waals surface area contributed by atoms with Gasteiger partial charge in [0.05, 0.1) is 13.2 Å². The zero-order chi connectivity index (χ0) is 15.0. The number of nitrogens with one attached hydrogen (secondary N) is 2. The fourth-order valence-electron chi connectivity index (χ4n) is 2.34. The van der Waals surface area contributed by atoms with Crippen LogP contribution in [0.3, 0.4) is 0 Å². The van der Waals surface area contributed by atoms with Crippen molar-refractivity contribution < 1.29 is 14.7 Å². The first-order chi connectivity index (χ1) is 9.52. The summed E-state index contributed by atoms with van der Waals surface area (Å²) in [5.41, 5.74) is 0. The van der Waals surface area contributed by atoms with Crippen LogP contribution in [0.2, 0.25) is 0 Å². The zero-order valence-corrected chi connectivity index (χ0v) is 12.5. The number of imide groups is 1. The molecule has 3 N–H and O–H groups in total. The Kier molecular flexibility index (Phi) is 7.54. The standard InChI is InChI=1S/C14H27N3O3/c1-11(2)8-15-14(20)16-13(19)9-17-7-5-3-4-6-12(17)10-18/h11-12,18H,3-10H2,1-2H3,(H2,15,16,19,20). The number of hydrogen-bond acceptors (Lipinski definition) is 4. The summed E-state index contributed by atoms with van der Waals surface area (Å²) in [6, 6.07) is -0.416. The first kappa shape index (κ1) is 16.9. The summed E-state index contributed by atoms with van der Waals surface area (Å²) in [5.74, 6) is 0.0341. The molecule has 1 aliphatic heterocycles. The highest BCUT2D eigenvalue weighted by Gasteiger charge is 2.22. The Morgan fingerprint density at radius 2 is 2.05 bits per heavy atom. The molecular formula is C14H27N3O3. The van der Waals surface area contributed by atoms with E-state index in [0.717, 1.165) is 32.2 Å². The molecule has 0 aliphatic carbocycles. The summed E-state index contributed by atoms with van der Waals surface area (Å²) < 4.78 is 0. The van der Waals surface area contributed by atoms with Gasteiger partial charge in [-0.05, 0) is 25.3 Å². The molecule has 1 aliphatic rings. The molecule has 1 atom stereocenters. The van der Waals surface area contributed by atoms with Crippen LogP contribution < -0.4 is 10.6 Å². The average molecular weight is 285 g/mol. The second-order valence-corrected chi connectivity index (χ2v) is 5.81. The Balaban J connectivity index is 2.37. The highest BCUT2D eigenvalue weighted by Crippen LogP contribution is 2.15. The molecule has 1 saturated heterocycles. The van der Waals surface area contributed by atoms with Crippen LogP contribution in [0.1, 0.15) is 39.5 Å². The number of carbonyl (C=O) groups excluding carboxylic acids is 2. The molecule has 20 heavy (non-hydrogen) atoms. The smallest absolute Gasteiger partial charge is 0.321 e. The molecule has 1 rings (SSSR count). The molecule has 0 aromatic carbocycles. The van der Waals surface area contributed by atoms with Gasteiger partial charge in [0, 0.05) is 12.6 Å². The molecule has 116 valence electrons. The lowest BCUT2D eigenvalue weighted by atomic mass is 10.1. The second-order valence-electron chi connectivity index (χ2n) is 5.81. The topological polar surface area (TPSA) is 81.7 Å². The monoisotopic (exact) mass is 285 g/mol. The summed E-state index contributed by atoms with van der Waals surface area (Å²) >= 11 is 0. The Hall–Kier alpha value is -1.14. The minimum Gasteiger partial charge on any atom is -0.395 e. The van der Waals surface area contributed by atoms with E-state index in [0.29, 0.717) is 12.5 Å². The molecule has 0 bridgehead atoms. The van der Waals surface area contributed by atoms with E-state index < -0.39 is 6.03 Å². The Bertz CT molecular complexity index is 321. The molecule has 0 radical (unpaired) electrons. The molecule has 0 saturated carbocycles. The minimum atomic E-state index is -0.445. The van der Waals surface area contributed by atoms with Crippen molar-refractivity contribution >= 4 is 11.9 Å². The minimum absolute atomic E-state index is 0.0296. The molecule has 0 aromatic heterocycles. The molecule has 6 heteroatoms. The van der Waals surface area contributed by atoms with Gasteiger partial charge in [-0.25, -0.2) is 4.79 Å². The number of carbonyl (C=O) groups is 2. The maximum Gasteiger partial charge on any atom is 0.321 e. The zero-order valence-electron chi connectivity index (χ0n) is 12.5. The van der Waals surface area contributed by atoms with Crippen molar-refractivity contribution in [1.29, 1.82) is 0 Å². The third-order valence-electron chi connectivity index (χ3n) is 3.48. The first-order valence-corrected chi connectivity index (χ1v) is 7.45. The molecule has 0 aromatic rings. The van der Waals surface area contributed by atoms with Gasteiger partial charge >= 0.3 is 6.03 Å². The van der Waals surface area contributed by atoms with Crippen LogP contribution in [0.25, 0.3) is 0 Å². The van der Waals surface area contributed by atoms with Gasteiger partial charge < -0.3 is 10.4 Å². The third kappa shape index (κ3) is 6.34. The predicted molar refractivity (Wildman–Crippen MR) is 77.3 cm³/mol.